The Morgan fingerprint density at radius 2 is 2.31 bits per heavy atom. The summed E-state index contributed by atoms with van der Waals surface area (Å²) < 4.78 is 0. The van der Waals surface area contributed by atoms with Gasteiger partial charge in [-0.05, 0) is 12.3 Å². The van der Waals surface area contributed by atoms with Gasteiger partial charge in [-0.2, -0.15) is 0 Å². The van der Waals surface area contributed by atoms with Gasteiger partial charge in [0.1, 0.15) is 0 Å². The fraction of sp³-hybridized carbons (Fsp3) is 0.600. The van der Waals surface area contributed by atoms with E-state index in [0.29, 0.717) is 5.41 Å². The van der Waals surface area contributed by atoms with Crippen LogP contribution < -0.4 is 5.32 Å². The van der Waals surface area contributed by atoms with Crippen LogP contribution in [-0.2, 0) is 0 Å². The Kier molecular flexibility index (Phi) is 5.54. The molecule has 0 aliphatic heterocycles. The highest BCUT2D eigenvalue weighted by Gasteiger charge is 2.32. The molecule has 16 heavy (non-hydrogen) atoms. The van der Waals surface area contributed by atoms with Crippen LogP contribution in [0.4, 0.5) is 0 Å². The summed E-state index contributed by atoms with van der Waals surface area (Å²) in [6.07, 6.45) is 14.7. The van der Waals surface area contributed by atoms with Crippen molar-refractivity contribution in [2.24, 2.45) is 11.3 Å². The second kappa shape index (κ2) is 6.70. The molecular formula is C15H25N. The Labute approximate surface area is 100 Å². The predicted octanol–water partition coefficient (Wildman–Crippen LogP) is 3.70. The van der Waals surface area contributed by atoms with Gasteiger partial charge in [-0.3, -0.25) is 0 Å². The molecule has 90 valence electrons. The van der Waals surface area contributed by atoms with Crippen molar-refractivity contribution in [2.45, 2.75) is 33.1 Å². The van der Waals surface area contributed by atoms with Crippen molar-refractivity contribution in [1.82, 2.24) is 5.32 Å². The van der Waals surface area contributed by atoms with E-state index in [1.165, 1.54) is 12.8 Å². The lowest BCUT2D eigenvalue weighted by Gasteiger charge is -2.37. The smallest absolute Gasteiger partial charge is 0.0132 e. The number of rotatable bonds is 7. The maximum absolute atomic E-state index is 3.75. The third-order valence-electron chi connectivity index (χ3n) is 3.62. The van der Waals surface area contributed by atoms with Crippen molar-refractivity contribution in [3.8, 4) is 0 Å². The van der Waals surface area contributed by atoms with Crippen LogP contribution in [0.15, 0.2) is 37.0 Å². The summed E-state index contributed by atoms with van der Waals surface area (Å²) in [6, 6.07) is 0. The largest absolute Gasteiger partial charge is 0.312 e. The quantitative estimate of drug-likeness (QED) is 0.508. The summed E-state index contributed by atoms with van der Waals surface area (Å²) in [6.45, 7) is 10.4. The lowest BCUT2D eigenvalue weighted by Crippen LogP contribution is -2.38. The normalized spacial score (nSPS) is 25.6. The van der Waals surface area contributed by atoms with E-state index >= 15 is 0 Å². The van der Waals surface area contributed by atoms with Gasteiger partial charge < -0.3 is 5.32 Å². The summed E-state index contributed by atoms with van der Waals surface area (Å²) in [7, 11) is 0. The molecule has 0 fully saturated rings. The van der Waals surface area contributed by atoms with Crippen molar-refractivity contribution in [3.63, 3.8) is 0 Å². The third-order valence-corrected chi connectivity index (χ3v) is 3.62. The number of hydrogen-bond acceptors (Lipinski definition) is 1. The SMILES string of the molecule is C=CCNCC1(C(C)CCC)C=CC=CC1. The van der Waals surface area contributed by atoms with E-state index in [1.807, 2.05) is 6.08 Å². The molecule has 0 bridgehead atoms. The van der Waals surface area contributed by atoms with Crippen molar-refractivity contribution < 1.29 is 0 Å². The van der Waals surface area contributed by atoms with E-state index in [9.17, 15) is 0 Å². The summed E-state index contributed by atoms with van der Waals surface area (Å²) >= 11 is 0. The van der Waals surface area contributed by atoms with Crippen LogP contribution in [-0.4, -0.2) is 13.1 Å². The fourth-order valence-corrected chi connectivity index (χ4v) is 2.48. The van der Waals surface area contributed by atoms with Crippen molar-refractivity contribution in [2.75, 3.05) is 13.1 Å². The Bertz CT molecular complexity index is 265. The second-order valence-corrected chi connectivity index (χ2v) is 4.83. The molecule has 0 spiro atoms. The van der Waals surface area contributed by atoms with Crippen LogP contribution in [0.2, 0.25) is 0 Å². The lowest BCUT2D eigenvalue weighted by molar-refractivity contribution is 0.225. The Balaban J connectivity index is 2.64. The molecule has 0 aromatic heterocycles. The molecule has 2 unspecified atom stereocenters. The van der Waals surface area contributed by atoms with Gasteiger partial charge in [0.25, 0.3) is 0 Å². The molecule has 1 aliphatic carbocycles. The highest BCUT2D eigenvalue weighted by Crippen LogP contribution is 2.37. The molecule has 1 N–H and O–H groups in total. The van der Waals surface area contributed by atoms with Crippen molar-refractivity contribution in [1.29, 1.82) is 0 Å². The molecule has 1 aliphatic rings. The molecule has 0 heterocycles. The average molecular weight is 219 g/mol. The van der Waals surface area contributed by atoms with Gasteiger partial charge in [0.2, 0.25) is 0 Å². The van der Waals surface area contributed by atoms with Crippen LogP contribution in [0.5, 0.6) is 0 Å². The highest BCUT2D eigenvalue weighted by molar-refractivity contribution is 5.18. The first-order valence-corrected chi connectivity index (χ1v) is 6.41. The minimum absolute atomic E-state index is 0.313. The van der Waals surface area contributed by atoms with Crippen LogP contribution in [0.3, 0.4) is 0 Å². The van der Waals surface area contributed by atoms with Crippen LogP contribution in [0, 0.1) is 11.3 Å². The van der Waals surface area contributed by atoms with Gasteiger partial charge in [0.15, 0.2) is 0 Å². The summed E-state index contributed by atoms with van der Waals surface area (Å²) in [4.78, 5) is 0. The first-order chi connectivity index (χ1) is 7.75. The Morgan fingerprint density at radius 3 is 2.88 bits per heavy atom. The Hall–Kier alpha value is -0.820. The lowest BCUT2D eigenvalue weighted by atomic mass is 9.70. The van der Waals surface area contributed by atoms with Gasteiger partial charge >= 0.3 is 0 Å². The van der Waals surface area contributed by atoms with Crippen molar-refractivity contribution >= 4 is 0 Å². The highest BCUT2D eigenvalue weighted by atomic mass is 14.9. The molecule has 0 saturated carbocycles. The molecule has 0 radical (unpaired) electrons. The first kappa shape index (κ1) is 13.2. The number of nitrogens with one attached hydrogen (secondary N) is 1. The van der Waals surface area contributed by atoms with Crippen LogP contribution in [0.1, 0.15) is 33.1 Å². The molecule has 2 atom stereocenters. The van der Waals surface area contributed by atoms with E-state index in [0.717, 1.165) is 25.4 Å². The molecule has 1 heteroatoms. The van der Waals surface area contributed by atoms with Crippen LogP contribution in [0.25, 0.3) is 0 Å². The summed E-state index contributed by atoms with van der Waals surface area (Å²) in [5, 5.41) is 3.48. The molecule has 0 aromatic rings. The molecule has 0 amide bonds. The first-order valence-electron chi connectivity index (χ1n) is 6.41. The minimum atomic E-state index is 0.313. The van der Waals surface area contributed by atoms with Crippen molar-refractivity contribution in [3.05, 3.63) is 37.0 Å². The molecule has 0 aromatic carbocycles. The zero-order chi connectivity index (χ0) is 11.9. The maximum atomic E-state index is 3.75. The minimum Gasteiger partial charge on any atom is -0.312 e. The third kappa shape index (κ3) is 3.34. The Morgan fingerprint density at radius 1 is 1.50 bits per heavy atom. The maximum Gasteiger partial charge on any atom is 0.0132 e. The number of hydrogen-bond donors (Lipinski definition) is 1. The molecular weight excluding hydrogens is 194 g/mol. The van der Waals surface area contributed by atoms with E-state index in [-0.39, 0.29) is 0 Å². The monoisotopic (exact) mass is 219 g/mol. The fourth-order valence-electron chi connectivity index (χ4n) is 2.48. The van der Waals surface area contributed by atoms with E-state index in [4.69, 9.17) is 0 Å². The van der Waals surface area contributed by atoms with E-state index in [1.54, 1.807) is 0 Å². The average Bonchev–Trinajstić information content (AvgIpc) is 2.31. The van der Waals surface area contributed by atoms with Crippen LogP contribution >= 0.6 is 0 Å². The summed E-state index contributed by atoms with van der Waals surface area (Å²) in [5.74, 6) is 0.732. The molecule has 1 nitrogen and oxygen atoms in total. The standard InChI is InChI=1S/C15H25N/c1-4-9-14(3)15(13-16-12-5-2)10-7-6-8-11-15/h5-8,10,14,16H,2,4,9,11-13H2,1,3H3. The van der Waals surface area contributed by atoms with Gasteiger partial charge in [0.05, 0.1) is 0 Å². The van der Waals surface area contributed by atoms with Gasteiger partial charge in [0, 0.05) is 18.5 Å². The van der Waals surface area contributed by atoms with Gasteiger partial charge in [-0.1, -0.05) is 57.1 Å². The molecule has 1 rings (SSSR count). The zero-order valence-corrected chi connectivity index (χ0v) is 10.7. The zero-order valence-electron chi connectivity index (χ0n) is 10.7. The van der Waals surface area contributed by atoms with Gasteiger partial charge in [-0.15, -0.1) is 6.58 Å². The summed E-state index contributed by atoms with van der Waals surface area (Å²) in [5.41, 5.74) is 0.313. The molecule has 0 saturated heterocycles. The predicted molar refractivity (Wildman–Crippen MR) is 72.5 cm³/mol. The second-order valence-electron chi connectivity index (χ2n) is 4.83. The van der Waals surface area contributed by atoms with E-state index < -0.39 is 0 Å². The topological polar surface area (TPSA) is 12.0 Å². The van der Waals surface area contributed by atoms with Gasteiger partial charge in [-0.25, -0.2) is 0 Å². The van der Waals surface area contributed by atoms with E-state index in [2.05, 4.69) is 50.0 Å². The number of allylic oxidation sites excluding steroid dienone is 3.